The molecule has 2 aliphatic rings. The van der Waals surface area contributed by atoms with Crippen molar-refractivity contribution in [3.8, 4) is 0 Å². The van der Waals surface area contributed by atoms with Crippen molar-refractivity contribution in [2.24, 2.45) is 0 Å². The largest absolute Gasteiger partial charge is 0.344 e. The number of carbonyl (C=O) groups is 2. The Hall–Kier alpha value is -2.66. The molecule has 0 unspecified atom stereocenters. The first kappa shape index (κ1) is 18.7. The van der Waals surface area contributed by atoms with Gasteiger partial charge in [0.2, 0.25) is 0 Å². The maximum atomic E-state index is 12.6. The average Bonchev–Trinajstić information content (AvgIpc) is 2.75. The lowest BCUT2D eigenvalue weighted by Crippen LogP contribution is -3.15. The van der Waals surface area contributed by atoms with Crippen molar-refractivity contribution in [3.63, 3.8) is 0 Å². The van der Waals surface area contributed by atoms with Crippen LogP contribution in [0.2, 0.25) is 0 Å². The second-order valence-electron chi connectivity index (χ2n) is 7.80. The fraction of sp³-hybridized carbons (Fsp3) is 0.391. The maximum Gasteiger partial charge on any atom is 0.275 e. The number of amides is 2. The van der Waals surface area contributed by atoms with E-state index in [0.717, 1.165) is 37.9 Å². The van der Waals surface area contributed by atoms with Gasteiger partial charge in [0.1, 0.15) is 0 Å². The molecule has 2 amide bonds. The number of quaternary nitrogens is 1. The molecule has 1 atom stereocenters. The van der Waals surface area contributed by atoms with Gasteiger partial charge in [-0.15, -0.1) is 0 Å². The number of nitrogens with one attached hydrogen (secondary N) is 2. The van der Waals surface area contributed by atoms with Crippen LogP contribution in [0.15, 0.2) is 54.6 Å². The quantitative estimate of drug-likeness (QED) is 0.841. The van der Waals surface area contributed by atoms with E-state index in [4.69, 9.17) is 0 Å². The van der Waals surface area contributed by atoms with Crippen LogP contribution in [0.5, 0.6) is 0 Å². The Kier molecular flexibility index (Phi) is 5.72. The molecule has 146 valence electrons. The Labute approximate surface area is 166 Å². The van der Waals surface area contributed by atoms with Crippen LogP contribution in [0.1, 0.15) is 40.4 Å². The van der Waals surface area contributed by atoms with Gasteiger partial charge in [0.05, 0.1) is 32.2 Å². The van der Waals surface area contributed by atoms with Crippen molar-refractivity contribution in [2.75, 3.05) is 32.7 Å². The highest BCUT2D eigenvalue weighted by atomic mass is 16.2. The maximum absolute atomic E-state index is 12.6. The van der Waals surface area contributed by atoms with Gasteiger partial charge in [-0.05, 0) is 42.5 Å². The van der Waals surface area contributed by atoms with Crippen molar-refractivity contribution in [2.45, 2.75) is 25.3 Å². The predicted molar refractivity (Wildman–Crippen MR) is 108 cm³/mol. The first-order chi connectivity index (χ1) is 13.7. The highest BCUT2D eigenvalue weighted by Gasteiger charge is 2.27. The van der Waals surface area contributed by atoms with Gasteiger partial charge in [-0.25, -0.2) is 0 Å². The number of hydrogen-bond donors (Lipinski definition) is 2. The van der Waals surface area contributed by atoms with Gasteiger partial charge in [0.15, 0.2) is 6.54 Å². The lowest BCUT2D eigenvalue weighted by Gasteiger charge is -2.32. The van der Waals surface area contributed by atoms with Crippen LogP contribution < -0.4 is 10.2 Å². The lowest BCUT2D eigenvalue weighted by atomic mass is 9.88. The first-order valence-electron chi connectivity index (χ1n) is 10.3. The SMILES string of the molecule is O=C(C[NH+]1CCN(C(=O)c2ccccc2)CC1)N[C@@H]1CCCc2ccccc21. The monoisotopic (exact) mass is 378 g/mol. The molecule has 4 rings (SSSR count). The van der Waals surface area contributed by atoms with E-state index in [1.165, 1.54) is 16.0 Å². The number of carbonyl (C=O) groups excluding carboxylic acids is 2. The number of benzene rings is 2. The van der Waals surface area contributed by atoms with E-state index >= 15 is 0 Å². The van der Waals surface area contributed by atoms with Crippen molar-refractivity contribution < 1.29 is 14.5 Å². The second kappa shape index (κ2) is 8.57. The molecule has 2 aromatic rings. The van der Waals surface area contributed by atoms with E-state index in [-0.39, 0.29) is 17.9 Å². The summed E-state index contributed by atoms with van der Waals surface area (Å²) in [5, 5.41) is 3.24. The van der Waals surface area contributed by atoms with Gasteiger partial charge in [0, 0.05) is 5.56 Å². The summed E-state index contributed by atoms with van der Waals surface area (Å²) in [6, 6.07) is 18.0. The van der Waals surface area contributed by atoms with Gasteiger partial charge in [-0.3, -0.25) is 9.59 Å². The minimum atomic E-state index is 0.0860. The van der Waals surface area contributed by atoms with Crippen molar-refractivity contribution in [3.05, 3.63) is 71.3 Å². The van der Waals surface area contributed by atoms with Crippen LogP contribution >= 0.6 is 0 Å². The molecule has 28 heavy (non-hydrogen) atoms. The third-order valence-corrected chi connectivity index (χ3v) is 5.89. The van der Waals surface area contributed by atoms with Gasteiger partial charge < -0.3 is 15.1 Å². The summed E-state index contributed by atoms with van der Waals surface area (Å²) < 4.78 is 0. The topological polar surface area (TPSA) is 53.9 Å². The summed E-state index contributed by atoms with van der Waals surface area (Å²) in [5.74, 6) is 0.197. The van der Waals surface area contributed by atoms with Crippen LogP contribution in [0.25, 0.3) is 0 Å². The zero-order valence-corrected chi connectivity index (χ0v) is 16.2. The molecule has 1 aliphatic heterocycles. The highest BCUT2D eigenvalue weighted by Crippen LogP contribution is 2.29. The molecule has 1 heterocycles. The molecule has 1 fully saturated rings. The standard InChI is InChI=1S/C23H27N3O2/c27-22(24-21-12-6-10-18-7-4-5-11-20(18)21)17-25-13-15-26(16-14-25)23(28)19-8-2-1-3-9-19/h1-5,7-9,11,21H,6,10,12-17H2,(H,24,27)/p+1/t21-/m1/s1. The van der Waals surface area contributed by atoms with Crippen LogP contribution in [0.3, 0.4) is 0 Å². The van der Waals surface area contributed by atoms with Crippen LogP contribution in [-0.4, -0.2) is 49.4 Å². The third-order valence-electron chi connectivity index (χ3n) is 5.89. The molecule has 5 heteroatoms. The first-order valence-corrected chi connectivity index (χ1v) is 10.3. The molecule has 0 radical (unpaired) electrons. The molecule has 0 aromatic heterocycles. The Morgan fingerprint density at radius 3 is 2.50 bits per heavy atom. The molecule has 0 saturated carbocycles. The number of piperazine rings is 1. The van der Waals surface area contributed by atoms with Crippen LogP contribution in [-0.2, 0) is 11.2 Å². The number of fused-ring (bicyclic) bond motifs is 1. The fourth-order valence-electron chi connectivity index (χ4n) is 4.34. The van der Waals surface area contributed by atoms with Gasteiger partial charge in [-0.1, -0.05) is 42.5 Å². The van der Waals surface area contributed by atoms with E-state index in [2.05, 4.69) is 29.6 Å². The van der Waals surface area contributed by atoms with Gasteiger partial charge >= 0.3 is 0 Å². The smallest absolute Gasteiger partial charge is 0.275 e. The van der Waals surface area contributed by atoms with E-state index in [0.29, 0.717) is 19.6 Å². The molecule has 2 N–H and O–H groups in total. The Morgan fingerprint density at radius 2 is 1.71 bits per heavy atom. The normalized spacial score (nSPS) is 19.7. The highest BCUT2D eigenvalue weighted by molar-refractivity contribution is 5.94. The molecule has 0 spiro atoms. The summed E-state index contributed by atoms with van der Waals surface area (Å²) in [6.07, 6.45) is 3.23. The van der Waals surface area contributed by atoms with Crippen LogP contribution in [0, 0.1) is 0 Å². The second-order valence-corrected chi connectivity index (χ2v) is 7.80. The van der Waals surface area contributed by atoms with Gasteiger partial charge in [0.25, 0.3) is 11.8 Å². The number of nitrogens with zero attached hydrogens (tertiary/aromatic N) is 1. The zero-order chi connectivity index (χ0) is 19.3. The average molecular weight is 378 g/mol. The number of hydrogen-bond acceptors (Lipinski definition) is 2. The van der Waals surface area contributed by atoms with Crippen LogP contribution in [0.4, 0.5) is 0 Å². The summed E-state index contributed by atoms with van der Waals surface area (Å²) in [4.78, 5) is 28.3. The minimum Gasteiger partial charge on any atom is -0.344 e. The molecule has 2 aromatic carbocycles. The lowest BCUT2D eigenvalue weighted by molar-refractivity contribution is -0.896. The van der Waals surface area contributed by atoms with Crippen molar-refractivity contribution >= 4 is 11.8 Å². The van der Waals surface area contributed by atoms with E-state index < -0.39 is 0 Å². The zero-order valence-electron chi connectivity index (χ0n) is 16.2. The van der Waals surface area contributed by atoms with E-state index in [1.807, 2.05) is 35.2 Å². The number of aryl methyl sites for hydroxylation is 1. The van der Waals surface area contributed by atoms with E-state index in [9.17, 15) is 9.59 Å². The van der Waals surface area contributed by atoms with E-state index in [1.54, 1.807) is 0 Å². The minimum absolute atomic E-state index is 0.0860. The number of rotatable bonds is 4. The summed E-state index contributed by atoms with van der Waals surface area (Å²) in [6.45, 7) is 3.50. The summed E-state index contributed by atoms with van der Waals surface area (Å²) in [5.41, 5.74) is 3.37. The summed E-state index contributed by atoms with van der Waals surface area (Å²) in [7, 11) is 0. The molecule has 1 saturated heterocycles. The molecule has 0 bridgehead atoms. The Balaban J connectivity index is 1.27. The summed E-state index contributed by atoms with van der Waals surface area (Å²) >= 11 is 0. The third kappa shape index (κ3) is 4.25. The van der Waals surface area contributed by atoms with Crippen molar-refractivity contribution in [1.29, 1.82) is 0 Å². The Bertz CT molecular complexity index is 829. The van der Waals surface area contributed by atoms with Crippen molar-refractivity contribution in [1.82, 2.24) is 10.2 Å². The fourth-order valence-corrected chi connectivity index (χ4v) is 4.34. The molecular formula is C23H28N3O2+. The molecule has 1 aliphatic carbocycles. The Morgan fingerprint density at radius 1 is 1.00 bits per heavy atom. The molecule has 5 nitrogen and oxygen atoms in total. The predicted octanol–water partition coefficient (Wildman–Crippen LogP) is 1.22. The molecular weight excluding hydrogens is 350 g/mol. The van der Waals surface area contributed by atoms with Gasteiger partial charge in [-0.2, -0.15) is 0 Å².